The number of hydrogen-bond acceptors (Lipinski definition) is 7. The normalized spacial score (nSPS) is 11.4. The summed E-state index contributed by atoms with van der Waals surface area (Å²) in [6.45, 7) is 2.52. The Morgan fingerprint density at radius 1 is 0.884 bits per heavy atom. The summed E-state index contributed by atoms with van der Waals surface area (Å²) < 4.78 is 5.51. The van der Waals surface area contributed by atoms with Gasteiger partial charge >= 0.3 is 5.97 Å². The van der Waals surface area contributed by atoms with Crippen LogP contribution in [0.15, 0.2) is 113 Å². The Morgan fingerprint density at radius 2 is 1.60 bits per heavy atom. The highest BCUT2D eigenvalue weighted by atomic mass is 32.2. The number of nitrogens with one attached hydrogen (secondary N) is 2. The molecule has 10 heteroatoms. The molecule has 3 N–H and O–H groups in total. The third-order valence-corrected chi connectivity index (χ3v) is 8.29. The Hall–Kier alpha value is -4.93. The van der Waals surface area contributed by atoms with Crippen molar-refractivity contribution < 1.29 is 24.2 Å². The number of thioether (sulfide) groups is 1. The lowest BCUT2D eigenvalue weighted by molar-refractivity contribution is -0.115. The molecular formula is C33H27N3O5S2. The molecule has 0 aliphatic carbocycles. The second-order valence-corrected chi connectivity index (χ2v) is 11.3. The van der Waals surface area contributed by atoms with E-state index in [1.54, 1.807) is 30.3 Å². The largest absolute Gasteiger partial charge is 0.494 e. The molecule has 1 unspecified atom stereocenters. The maximum absolute atomic E-state index is 13.6. The van der Waals surface area contributed by atoms with Gasteiger partial charge in [0.15, 0.2) is 5.13 Å². The van der Waals surface area contributed by atoms with Crippen molar-refractivity contribution in [2.45, 2.75) is 17.1 Å². The van der Waals surface area contributed by atoms with Crippen molar-refractivity contribution in [2.24, 2.45) is 0 Å². The van der Waals surface area contributed by atoms with Crippen molar-refractivity contribution in [3.05, 3.63) is 125 Å². The second kappa shape index (κ2) is 13.8. The number of aromatic nitrogens is 1. The fourth-order valence-electron chi connectivity index (χ4n) is 4.27. The molecule has 0 radical (unpaired) electrons. The van der Waals surface area contributed by atoms with E-state index in [4.69, 9.17) is 4.74 Å². The average Bonchev–Trinajstić information content (AvgIpc) is 3.49. The molecule has 2 amide bonds. The molecule has 43 heavy (non-hydrogen) atoms. The van der Waals surface area contributed by atoms with Crippen molar-refractivity contribution in [1.82, 2.24) is 4.98 Å². The first kappa shape index (κ1) is 29.6. The fourth-order valence-corrected chi connectivity index (χ4v) is 6.08. The average molecular weight is 610 g/mol. The van der Waals surface area contributed by atoms with Gasteiger partial charge in [0, 0.05) is 21.5 Å². The van der Waals surface area contributed by atoms with Crippen LogP contribution in [-0.2, 0) is 4.79 Å². The number of thiazole rings is 1. The number of carboxylic acids is 1. The molecular weight excluding hydrogens is 583 g/mol. The number of carbonyl (C=O) groups excluding carboxylic acids is 2. The van der Waals surface area contributed by atoms with E-state index < -0.39 is 17.1 Å². The van der Waals surface area contributed by atoms with Crippen LogP contribution in [0.1, 0.15) is 38.5 Å². The first-order valence-electron chi connectivity index (χ1n) is 13.4. The zero-order valence-corrected chi connectivity index (χ0v) is 24.7. The van der Waals surface area contributed by atoms with Gasteiger partial charge in [0.2, 0.25) is 5.91 Å². The van der Waals surface area contributed by atoms with Gasteiger partial charge in [0.05, 0.1) is 23.4 Å². The first-order chi connectivity index (χ1) is 20.9. The van der Waals surface area contributed by atoms with Crippen LogP contribution in [0.4, 0.5) is 10.8 Å². The number of ether oxygens (including phenoxy) is 1. The number of carbonyl (C=O) groups is 3. The van der Waals surface area contributed by atoms with Crippen LogP contribution in [0.5, 0.6) is 5.75 Å². The molecule has 5 rings (SSSR count). The Morgan fingerprint density at radius 3 is 2.33 bits per heavy atom. The molecule has 1 atom stereocenters. The van der Waals surface area contributed by atoms with E-state index in [0.717, 1.165) is 27.5 Å². The lowest BCUT2D eigenvalue weighted by atomic mass is 10.1. The number of amides is 2. The maximum Gasteiger partial charge on any atom is 0.336 e. The van der Waals surface area contributed by atoms with Gasteiger partial charge in [-0.2, -0.15) is 0 Å². The van der Waals surface area contributed by atoms with Crippen LogP contribution in [-0.4, -0.2) is 34.5 Å². The molecule has 1 aromatic heterocycles. The van der Waals surface area contributed by atoms with Gasteiger partial charge in [-0.1, -0.05) is 48.5 Å². The number of nitrogens with zero attached hydrogens (tertiary/aromatic N) is 1. The van der Waals surface area contributed by atoms with Gasteiger partial charge < -0.3 is 20.5 Å². The van der Waals surface area contributed by atoms with Gasteiger partial charge in [-0.25, -0.2) is 9.78 Å². The van der Waals surface area contributed by atoms with Gasteiger partial charge in [0.25, 0.3) is 5.91 Å². The molecule has 4 aromatic carbocycles. The van der Waals surface area contributed by atoms with Crippen LogP contribution in [0, 0.1) is 0 Å². The topological polar surface area (TPSA) is 118 Å². The van der Waals surface area contributed by atoms with E-state index in [1.807, 2.05) is 73.0 Å². The summed E-state index contributed by atoms with van der Waals surface area (Å²) in [4.78, 5) is 43.4. The van der Waals surface area contributed by atoms with E-state index in [1.165, 1.54) is 35.2 Å². The number of carboxylic acid groups (broad SMARTS) is 1. The highest BCUT2D eigenvalue weighted by molar-refractivity contribution is 8.00. The molecule has 5 aromatic rings. The van der Waals surface area contributed by atoms with Crippen molar-refractivity contribution in [2.75, 3.05) is 17.2 Å². The molecule has 0 spiro atoms. The van der Waals surface area contributed by atoms with E-state index >= 15 is 0 Å². The molecule has 0 saturated carbocycles. The lowest BCUT2D eigenvalue weighted by Gasteiger charge is -2.17. The molecule has 1 heterocycles. The number of benzene rings is 4. The van der Waals surface area contributed by atoms with Crippen molar-refractivity contribution in [1.29, 1.82) is 0 Å². The molecule has 0 saturated heterocycles. The maximum atomic E-state index is 13.6. The highest BCUT2D eigenvalue weighted by Gasteiger charge is 2.24. The van der Waals surface area contributed by atoms with E-state index in [-0.39, 0.29) is 17.0 Å². The SMILES string of the molecule is CCOc1ccc(-c2csc(NC(=O)C(Sc3cccc(NC(=O)c4ccccc4C(=O)O)c3)c3ccccc3)n2)cc1. The summed E-state index contributed by atoms with van der Waals surface area (Å²) >= 11 is 2.67. The van der Waals surface area contributed by atoms with E-state index in [9.17, 15) is 19.5 Å². The minimum absolute atomic E-state index is 0.0580. The number of anilines is 2. The standard InChI is InChI=1S/C33H27N3O5S2/c1-2-41-24-17-15-21(16-18-24)28-20-42-33(35-28)36-31(38)29(22-9-4-3-5-10-22)43-25-12-8-11-23(19-25)34-30(37)26-13-6-7-14-27(26)32(39)40/h3-20,29H,2H2,1H3,(H,34,37)(H,39,40)(H,35,36,38). The summed E-state index contributed by atoms with van der Waals surface area (Å²) in [5.74, 6) is -1.18. The number of hydrogen-bond donors (Lipinski definition) is 3. The van der Waals surface area contributed by atoms with Crippen molar-refractivity contribution >= 4 is 51.7 Å². The minimum Gasteiger partial charge on any atom is -0.494 e. The van der Waals surface area contributed by atoms with E-state index in [0.29, 0.717) is 17.4 Å². The van der Waals surface area contributed by atoms with Crippen LogP contribution >= 0.6 is 23.1 Å². The quantitative estimate of drug-likeness (QED) is 0.132. The Labute approximate surface area is 256 Å². The Bertz CT molecular complexity index is 1740. The minimum atomic E-state index is -1.18. The summed E-state index contributed by atoms with van der Waals surface area (Å²) in [6, 6.07) is 30.2. The third-order valence-electron chi connectivity index (χ3n) is 6.28. The van der Waals surface area contributed by atoms with Gasteiger partial charge in [-0.15, -0.1) is 23.1 Å². The molecule has 0 aliphatic rings. The van der Waals surface area contributed by atoms with Crippen molar-refractivity contribution in [3.8, 4) is 17.0 Å². The second-order valence-electron chi connectivity index (χ2n) is 9.23. The molecule has 0 fully saturated rings. The van der Waals surface area contributed by atoms with Gasteiger partial charge in [-0.3, -0.25) is 9.59 Å². The number of aromatic carboxylic acids is 1. The zero-order chi connectivity index (χ0) is 30.2. The van der Waals surface area contributed by atoms with Crippen LogP contribution in [0.3, 0.4) is 0 Å². The molecule has 0 aliphatic heterocycles. The summed E-state index contributed by atoms with van der Waals surface area (Å²) in [5.41, 5.74) is 2.92. The molecule has 216 valence electrons. The Balaban J connectivity index is 1.32. The summed E-state index contributed by atoms with van der Waals surface area (Å²) in [7, 11) is 0. The fraction of sp³-hybridized carbons (Fsp3) is 0.0909. The lowest BCUT2D eigenvalue weighted by Crippen LogP contribution is -2.19. The highest BCUT2D eigenvalue weighted by Crippen LogP contribution is 2.38. The third kappa shape index (κ3) is 7.48. The van der Waals surface area contributed by atoms with Crippen LogP contribution < -0.4 is 15.4 Å². The van der Waals surface area contributed by atoms with Gasteiger partial charge in [0.1, 0.15) is 11.0 Å². The molecule has 8 nitrogen and oxygen atoms in total. The Kier molecular flexibility index (Phi) is 9.50. The summed E-state index contributed by atoms with van der Waals surface area (Å²) in [6.07, 6.45) is 0. The first-order valence-corrected chi connectivity index (χ1v) is 15.1. The van der Waals surface area contributed by atoms with Crippen LogP contribution in [0.2, 0.25) is 0 Å². The predicted molar refractivity (Wildman–Crippen MR) is 170 cm³/mol. The van der Waals surface area contributed by atoms with Crippen molar-refractivity contribution in [3.63, 3.8) is 0 Å². The van der Waals surface area contributed by atoms with E-state index in [2.05, 4.69) is 15.6 Å². The zero-order valence-electron chi connectivity index (χ0n) is 23.0. The summed E-state index contributed by atoms with van der Waals surface area (Å²) in [5, 5.41) is 16.9. The van der Waals surface area contributed by atoms with Gasteiger partial charge in [-0.05, 0) is 67.1 Å². The number of rotatable bonds is 11. The smallest absolute Gasteiger partial charge is 0.336 e. The monoisotopic (exact) mass is 609 g/mol. The van der Waals surface area contributed by atoms with Crippen LogP contribution in [0.25, 0.3) is 11.3 Å². The predicted octanol–water partition coefficient (Wildman–Crippen LogP) is 7.63. The molecule has 0 bridgehead atoms.